The van der Waals surface area contributed by atoms with Crippen molar-refractivity contribution in [1.82, 2.24) is 4.57 Å². The van der Waals surface area contributed by atoms with E-state index in [2.05, 4.69) is 287 Å². The van der Waals surface area contributed by atoms with Gasteiger partial charge < -0.3 is 4.57 Å². The third-order valence-corrected chi connectivity index (χ3v) is 15.3. The number of rotatable bonds is 9. The van der Waals surface area contributed by atoms with Gasteiger partial charge in [0, 0.05) is 21.9 Å². The number of fused-ring (bicyclic) bond motifs is 6. The van der Waals surface area contributed by atoms with Gasteiger partial charge in [-0.15, -0.1) is 6.58 Å². The maximum Gasteiger partial charge on any atom is 0.0547 e. The number of hydrogen-bond acceptors (Lipinski definition) is 0. The molecule has 11 rings (SSSR count). The average molecular weight is 1040 g/mol. The highest BCUT2D eigenvalue weighted by Gasteiger charge is 2.36. The van der Waals surface area contributed by atoms with E-state index in [1.165, 1.54) is 133 Å². The molecule has 0 spiro atoms. The van der Waals surface area contributed by atoms with Crippen molar-refractivity contribution in [2.24, 2.45) is 0 Å². The van der Waals surface area contributed by atoms with Crippen LogP contribution < -0.4 is 0 Å². The van der Waals surface area contributed by atoms with E-state index in [1.807, 2.05) is 33.8 Å². The lowest BCUT2D eigenvalue weighted by molar-refractivity contribution is 0.660. The van der Waals surface area contributed by atoms with Crippen LogP contribution in [0.4, 0.5) is 0 Å². The minimum absolute atomic E-state index is 0.0166. The Morgan fingerprint density at radius 1 is 0.532 bits per heavy atom. The van der Waals surface area contributed by atoms with Crippen molar-refractivity contribution in [1.29, 1.82) is 0 Å². The average Bonchev–Trinajstić information content (AvgIpc) is 3.56. The van der Waals surface area contributed by atoms with Crippen LogP contribution in [0, 0.1) is 27.7 Å². The molecule has 1 heteroatoms. The van der Waals surface area contributed by atoms with Crippen LogP contribution in [0.15, 0.2) is 225 Å². The van der Waals surface area contributed by atoms with Gasteiger partial charge in [0.25, 0.3) is 0 Å². The largest absolute Gasteiger partial charge is 0.310 e. The number of para-hydroxylation sites is 1. The van der Waals surface area contributed by atoms with E-state index < -0.39 is 0 Å². The first-order valence-corrected chi connectivity index (χ1v) is 29.0. The fourth-order valence-corrected chi connectivity index (χ4v) is 11.4. The molecule has 1 aromatic heterocycles. The molecule has 0 amide bonds. The number of benzene rings is 8. The van der Waals surface area contributed by atoms with Crippen molar-refractivity contribution in [2.45, 2.75) is 122 Å². The first-order valence-electron chi connectivity index (χ1n) is 29.0. The van der Waals surface area contributed by atoms with E-state index in [0.717, 1.165) is 19.3 Å². The Morgan fingerprint density at radius 3 is 1.85 bits per heavy atom. The summed E-state index contributed by atoms with van der Waals surface area (Å²) in [6, 6.07) is 60.7. The molecule has 79 heavy (non-hydrogen) atoms. The second-order valence-electron chi connectivity index (χ2n) is 20.7. The van der Waals surface area contributed by atoms with Crippen molar-refractivity contribution >= 4 is 33.1 Å². The van der Waals surface area contributed by atoms with Crippen LogP contribution in [0.5, 0.6) is 0 Å². The summed E-state index contributed by atoms with van der Waals surface area (Å²) in [4.78, 5) is 0. The van der Waals surface area contributed by atoms with Gasteiger partial charge in [-0.1, -0.05) is 218 Å². The van der Waals surface area contributed by atoms with E-state index in [1.54, 1.807) is 0 Å². The molecule has 0 bridgehead atoms. The van der Waals surface area contributed by atoms with Crippen LogP contribution in [0.3, 0.4) is 0 Å². The molecule has 0 aliphatic heterocycles. The van der Waals surface area contributed by atoms with Gasteiger partial charge >= 0.3 is 0 Å². The van der Waals surface area contributed by atoms with Gasteiger partial charge in [-0.05, 0) is 216 Å². The highest BCUT2D eigenvalue weighted by Crippen LogP contribution is 2.52. The molecule has 402 valence electrons. The molecule has 0 unspecified atom stereocenters. The third kappa shape index (κ3) is 12.3. The summed E-state index contributed by atoms with van der Waals surface area (Å²) in [5, 5.41) is 2.58. The molecule has 1 heterocycles. The second-order valence-corrected chi connectivity index (χ2v) is 20.7. The maximum absolute atomic E-state index is 3.48. The lowest BCUT2D eigenvalue weighted by Crippen LogP contribution is -2.15. The second kappa shape index (κ2) is 27.0. The van der Waals surface area contributed by atoms with E-state index in [9.17, 15) is 0 Å². The Labute approximate surface area is 475 Å². The zero-order valence-corrected chi connectivity index (χ0v) is 50.0. The molecule has 0 saturated carbocycles. The quantitative estimate of drug-likeness (QED) is 0.100. The van der Waals surface area contributed by atoms with Gasteiger partial charge in [0.05, 0.1) is 11.0 Å². The van der Waals surface area contributed by atoms with Crippen LogP contribution in [0.1, 0.15) is 127 Å². The first-order chi connectivity index (χ1) is 38.4. The van der Waals surface area contributed by atoms with E-state index in [4.69, 9.17) is 0 Å². The highest BCUT2D eigenvalue weighted by molar-refractivity contribution is 6.16. The predicted octanol–water partition coefficient (Wildman–Crippen LogP) is 23.4. The predicted molar refractivity (Wildman–Crippen MR) is 352 cm³/mol. The van der Waals surface area contributed by atoms with Gasteiger partial charge in [-0.3, -0.25) is 0 Å². The summed E-state index contributed by atoms with van der Waals surface area (Å²) < 4.78 is 2.38. The molecular weight excluding hydrogens is 951 g/mol. The fourth-order valence-electron chi connectivity index (χ4n) is 11.4. The Bertz CT molecular complexity index is 3740. The lowest BCUT2D eigenvalue weighted by atomic mass is 9.81. The van der Waals surface area contributed by atoms with Crippen LogP contribution in [0.2, 0.25) is 0 Å². The van der Waals surface area contributed by atoms with Gasteiger partial charge in [-0.2, -0.15) is 0 Å². The molecule has 0 fully saturated rings. The number of allylic oxidation sites excluding steroid dienone is 11. The number of hydrogen-bond donors (Lipinski definition) is 0. The molecule has 8 aromatic carbocycles. The standard InChI is InChI=1S/C39H38.C31H27N.C4H8.2C2H6/c1-7-12-28-14-9-11-16-32(28)33-22-29(18-17-26(33)3)30-19-20-37-35(23-30)36-24-34(31-15-10-8-13-25(31)2)27(4)21-38(36)39(37,5)6;1-4-12-26(5-2)32-29-17-10-9-15-28(29)31-27(16-11-18-30(31)32)25-20-22(3)19-24(21-25)23-13-7-6-8-14-23;1-3-4-2;2*1-2/h7-10,12-15,17-24H,11,16H2,1-6H3;4-21H,1-3H3;3H,1,4H2,2H3;2*1-2H3/b12-7-;12-4-,26-5+;;;. The molecule has 0 saturated heterocycles. The van der Waals surface area contributed by atoms with Crippen LogP contribution in [-0.2, 0) is 5.41 Å². The van der Waals surface area contributed by atoms with Crippen molar-refractivity contribution in [3.8, 4) is 55.6 Å². The van der Waals surface area contributed by atoms with Gasteiger partial charge in [0.15, 0.2) is 0 Å². The van der Waals surface area contributed by atoms with Crippen LogP contribution in [-0.4, -0.2) is 4.57 Å². The molecule has 2 aliphatic rings. The van der Waals surface area contributed by atoms with Crippen LogP contribution in [0.25, 0.3) is 88.7 Å². The highest BCUT2D eigenvalue weighted by atomic mass is 15.0. The van der Waals surface area contributed by atoms with Crippen molar-refractivity contribution < 1.29 is 0 Å². The van der Waals surface area contributed by atoms with Gasteiger partial charge in [0.1, 0.15) is 0 Å². The van der Waals surface area contributed by atoms with Crippen molar-refractivity contribution in [2.75, 3.05) is 0 Å². The van der Waals surface area contributed by atoms with Gasteiger partial charge in [0.2, 0.25) is 0 Å². The Kier molecular flexibility index (Phi) is 20.1. The zero-order valence-electron chi connectivity index (χ0n) is 50.0. The molecule has 2 aliphatic carbocycles. The Morgan fingerprint density at radius 2 is 1.15 bits per heavy atom. The number of aryl methyl sites for hydroxylation is 4. The smallest absolute Gasteiger partial charge is 0.0547 e. The monoisotopic (exact) mass is 1040 g/mol. The van der Waals surface area contributed by atoms with E-state index in [0.29, 0.717) is 0 Å². The lowest BCUT2D eigenvalue weighted by Gasteiger charge is -2.23. The van der Waals surface area contributed by atoms with Crippen molar-refractivity contribution in [3.05, 3.63) is 263 Å². The summed E-state index contributed by atoms with van der Waals surface area (Å²) in [5.41, 5.74) is 29.0. The van der Waals surface area contributed by atoms with E-state index in [-0.39, 0.29) is 5.41 Å². The molecule has 0 atom stereocenters. The molecule has 1 nitrogen and oxygen atoms in total. The van der Waals surface area contributed by atoms with E-state index >= 15 is 0 Å². The normalized spacial score (nSPS) is 13.2. The molecular formula is C78H85N. The summed E-state index contributed by atoms with van der Waals surface area (Å²) in [7, 11) is 0. The molecule has 9 aromatic rings. The fraction of sp³-hybridized carbons (Fsp3) is 0.231. The first kappa shape index (κ1) is 58.7. The number of aromatic nitrogens is 1. The van der Waals surface area contributed by atoms with Crippen molar-refractivity contribution in [3.63, 3.8) is 0 Å². The topological polar surface area (TPSA) is 4.93 Å². The van der Waals surface area contributed by atoms with Gasteiger partial charge in [-0.25, -0.2) is 0 Å². The summed E-state index contributed by atoms with van der Waals surface area (Å²) in [6.45, 7) is 33.5. The number of nitrogens with zero attached hydrogens (tertiary/aromatic N) is 1. The van der Waals surface area contributed by atoms with Crippen LogP contribution >= 0.6 is 0 Å². The summed E-state index contributed by atoms with van der Waals surface area (Å²) >= 11 is 0. The minimum Gasteiger partial charge on any atom is -0.310 e. The summed E-state index contributed by atoms with van der Waals surface area (Å²) in [6.07, 6.45) is 20.6. The zero-order chi connectivity index (χ0) is 56.8. The SMILES string of the molecule is C/C=C\C(=C/C)n1c2ccccc2c2c(-c3cc(C)cc(-c4ccccc4)c3)cccc21.C/C=C\C1=C(c2cc(-c3ccc4c(c3)-c3cc(-c5ccccc5C)c(C)cc3C4(C)C)ccc2C)CCC=C1.C=CCC.CC.CC. The summed E-state index contributed by atoms with van der Waals surface area (Å²) in [5.74, 6) is 0. The molecule has 0 radical (unpaired) electrons. The minimum atomic E-state index is -0.0166. The maximum atomic E-state index is 3.48. The Balaban J connectivity index is 0.000000205. The molecule has 0 N–H and O–H groups in total. The third-order valence-electron chi connectivity index (χ3n) is 15.3. The Hall–Kier alpha value is -8.00.